The highest BCUT2D eigenvalue weighted by Gasteiger charge is 2.21. The van der Waals surface area contributed by atoms with Gasteiger partial charge >= 0.3 is 0 Å². The number of amides is 1. The Labute approximate surface area is 191 Å². The summed E-state index contributed by atoms with van der Waals surface area (Å²) in [6, 6.07) is 27.3. The van der Waals surface area contributed by atoms with Crippen LogP contribution in [0.2, 0.25) is 0 Å². The molecule has 32 heavy (non-hydrogen) atoms. The van der Waals surface area contributed by atoms with Crippen molar-refractivity contribution < 1.29 is 9.53 Å². The summed E-state index contributed by atoms with van der Waals surface area (Å²) in [7, 11) is 1.65. The van der Waals surface area contributed by atoms with Gasteiger partial charge < -0.3 is 10.1 Å². The van der Waals surface area contributed by atoms with Gasteiger partial charge in [0, 0.05) is 17.8 Å². The number of nitrogens with zero attached hydrogens (tertiary/aromatic N) is 3. The van der Waals surface area contributed by atoms with Crippen LogP contribution in [0.15, 0.2) is 90.1 Å². The van der Waals surface area contributed by atoms with Gasteiger partial charge in [-0.2, -0.15) is 0 Å². The number of thioether (sulfide) groups is 1. The Kier molecular flexibility index (Phi) is 6.87. The number of rotatable bonds is 8. The van der Waals surface area contributed by atoms with Gasteiger partial charge in [-0.1, -0.05) is 60.3 Å². The van der Waals surface area contributed by atoms with E-state index in [1.54, 1.807) is 7.11 Å². The van der Waals surface area contributed by atoms with Gasteiger partial charge in [-0.15, -0.1) is 10.2 Å². The Morgan fingerprint density at radius 2 is 1.62 bits per heavy atom. The summed E-state index contributed by atoms with van der Waals surface area (Å²) in [6.07, 6.45) is 0.608. The molecule has 1 unspecified atom stereocenters. The van der Waals surface area contributed by atoms with E-state index in [4.69, 9.17) is 4.74 Å². The van der Waals surface area contributed by atoms with Crippen molar-refractivity contribution in [2.45, 2.75) is 23.8 Å². The summed E-state index contributed by atoms with van der Waals surface area (Å²) in [5.74, 6) is 1.54. The predicted octanol–water partition coefficient (Wildman–Crippen LogP) is 4.99. The molecule has 6 nitrogen and oxygen atoms in total. The van der Waals surface area contributed by atoms with Crippen LogP contribution in [0, 0.1) is 0 Å². The molecule has 0 saturated heterocycles. The van der Waals surface area contributed by atoms with Crippen LogP contribution in [0.25, 0.3) is 5.69 Å². The molecule has 1 atom stereocenters. The smallest absolute Gasteiger partial charge is 0.237 e. The maximum absolute atomic E-state index is 12.7. The molecule has 3 aromatic carbocycles. The fourth-order valence-corrected chi connectivity index (χ4v) is 4.12. The number of aromatic nitrogens is 3. The Bertz CT molecular complexity index is 1160. The van der Waals surface area contributed by atoms with Crippen LogP contribution in [-0.4, -0.2) is 33.0 Å². The third-order valence-electron chi connectivity index (χ3n) is 4.93. The van der Waals surface area contributed by atoms with Gasteiger partial charge in [0.2, 0.25) is 5.91 Å². The number of benzene rings is 3. The Balaban J connectivity index is 1.58. The van der Waals surface area contributed by atoms with Crippen LogP contribution in [0.3, 0.4) is 0 Å². The zero-order valence-electron chi connectivity index (χ0n) is 17.9. The fraction of sp³-hybridized carbons (Fsp3) is 0.160. The molecule has 1 N–H and O–H groups in total. The molecule has 0 aliphatic carbocycles. The SMILES string of the molecule is COc1ccc(Cc2nnc(SC(C)C(=O)Nc3ccccc3)n2-c2ccccc2)cc1. The topological polar surface area (TPSA) is 69.0 Å². The van der Waals surface area contributed by atoms with Crippen LogP contribution >= 0.6 is 11.8 Å². The standard InChI is InChI=1S/C25H24N4O2S/c1-18(24(30)26-20-9-5-3-6-10-20)32-25-28-27-23(29(25)21-11-7-4-8-12-21)17-19-13-15-22(31-2)16-14-19/h3-16,18H,17H2,1-2H3,(H,26,30). The minimum atomic E-state index is -0.351. The number of ether oxygens (including phenoxy) is 1. The summed E-state index contributed by atoms with van der Waals surface area (Å²) in [5, 5.41) is 12.2. The van der Waals surface area contributed by atoms with Crippen molar-refractivity contribution in [1.82, 2.24) is 14.8 Å². The van der Waals surface area contributed by atoms with E-state index in [0.717, 1.165) is 28.5 Å². The summed E-state index contributed by atoms with van der Waals surface area (Å²) in [6.45, 7) is 1.87. The van der Waals surface area contributed by atoms with Crippen molar-refractivity contribution >= 4 is 23.4 Å². The number of hydrogen-bond donors (Lipinski definition) is 1. The molecule has 0 aliphatic heterocycles. The summed E-state index contributed by atoms with van der Waals surface area (Å²) in [5.41, 5.74) is 2.83. The van der Waals surface area contributed by atoms with Crippen molar-refractivity contribution in [2.75, 3.05) is 12.4 Å². The van der Waals surface area contributed by atoms with Crippen LogP contribution in [0.4, 0.5) is 5.69 Å². The van der Waals surface area contributed by atoms with E-state index in [1.807, 2.05) is 96.4 Å². The molecule has 0 saturated carbocycles. The number of carbonyl (C=O) groups excluding carboxylic acids is 1. The first kappa shape index (κ1) is 21.6. The van der Waals surface area contributed by atoms with E-state index in [1.165, 1.54) is 11.8 Å². The second kappa shape index (κ2) is 10.2. The first-order valence-electron chi connectivity index (χ1n) is 10.3. The minimum absolute atomic E-state index is 0.0829. The zero-order chi connectivity index (χ0) is 22.3. The fourth-order valence-electron chi connectivity index (χ4n) is 3.23. The maximum atomic E-state index is 12.7. The molecule has 1 heterocycles. The van der Waals surface area contributed by atoms with Gasteiger partial charge in [-0.3, -0.25) is 9.36 Å². The first-order valence-corrected chi connectivity index (χ1v) is 11.2. The van der Waals surface area contributed by atoms with Gasteiger partial charge in [0.1, 0.15) is 11.6 Å². The summed E-state index contributed by atoms with van der Waals surface area (Å²) >= 11 is 1.39. The molecule has 0 radical (unpaired) electrons. The van der Waals surface area contributed by atoms with Crippen molar-refractivity contribution in [1.29, 1.82) is 0 Å². The largest absolute Gasteiger partial charge is 0.497 e. The summed E-state index contributed by atoms with van der Waals surface area (Å²) < 4.78 is 7.27. The Morgan fingerprint density at radius 1 is 0.969 bits per heavy atom. The van der Waals surface area contributed by atoms with Gasteiger partial charge in [0.25, 0.3) is 0 Å². The number of carbonyl (C=O) groups is 1. The monoisotopic (exact) mass is 444 g/mol. The third kappa shape index (κ3) is 5.18. The lowest BCUT2D eigenvalue weighted by molar-refractivity contribution is -0.115. The van der Waals surface area contributed by atoms with Crippen molar-refractivity contribution in [3.8, 4) is 11.4 Å². The number of hydrogen-bond acceptors (Lipinski definition) is 5. The number of para-hydroxylation sites is 2. The second-order valence-corrected chi connectivity index (χ2v) is 8.52. The number of methoxy groups -OCH3 is 1. The predicted molar refractivity (Wildman–Crippen MR) is 128 cm³/mol. The van der Waals surface area contributed by atoms with Crippen molar-refractivity contribution in [2.24, 2.45) is 0 Å². The van der Waals surface area contributed by atoms with Gasteiger partial charge in [-0.25, -0.2) is 0 Å². The lowest BCUT2D eigenvalue weighted by Gasteiger charge is -2.14. The van der Waals surface area contributed by atoms with E-state index in [9.17, 15) is 4.79 Å². The molecule has 0 bridgehead atoms. The highest BCUT2D eigenvalue weighted by Crippen LogP contribution is 2.27. The molecule has 4 rings (SSSR count). The van der Waals surface area contributed by atoms with Gasteiger partial charge in [0.15, 0.2) is 5.16 Å². The highest BCUT2D eigenvalue weighted by molar-refractivity contribution is 8.00. The first-order chi connectivity index (χ1) is 15.6. The minimum Gasteiger partial charge on any atom is -0.497 e. The number of nitrogens with one attached hydrogen (secondary N) is 1. The molecule has 7 heteroatoms. The third-order valence-corrected chi connectivity index (χ3v) is 5.97. The Morgan fingerprint density at radius 3 is 2.28 bits per heavy atom. The summed E-state index contributed by atoms with van der Waals surface area (Å²) in [4.78, 5) is 12.7. The molecule has 0 fully saturated rings. The average Bonchev–Trinajstić information content (AvgIpc) is 3.22. The van der Waals surface area contributed by atoms with E-state index < -0.39 is 0 Å². The molecule has 162 valence electrons. The van der Waals surface area contributed by atoms with Crippen LogP contribution in [0.1, 0.15) is 18.3 Å². The van der Waals surface area contributed by atoms with Gasteiger partial charge in [0.05, 0.1) is 12.4 Å². The van der Waals surface area contributed by atoms with E-state index in [0.29, 0.717) is 11.6 Å². The average molecular weight is 445 g/mol. The quantitative estimate of drug-likeness (QED) is 0.388. The van der Waals surface area contributed by atoms with E-state index >= 15 is 0 Å². The maximum Gasteiger partial charge on any atom is 0.237 e. The highest BCUT2D eigenvalue weighted by atomic mass is 32.2. The van der Waals surface area contributed by atoms with Crippen LogP contribution in [0.5, 0.6) is 5.75 Å². The zero-order valence-corrected chi connectivity index (χ0v) is 18.8. The molecule has 4 aromatic rings. The Hall–Kier alpha value is -3.58. The van der Waals surface area contributed by atoms with Crippen LogP contribution < -0.4 is 10.1 Å². The van der Waals surface area contributed by atoms with Crippen LogP contribution in [-0.2, 0) is 11.2 Å². The number of anilines is 1. The molecule has 0 aliphatic rings. The molecule has 1 aromatic heterocycles. The van der Waals surface area contributed by atoms with Gasteiger partial charge in [-0.05, 0) is 48.9 Å². The lowest BCUT2D eigenvalue weighted by atomic mass is 10.1. The molecule has 0 spiro atoms. The lowest BCUT2D eigenvalue weighted by Crippen LogP contribution is -2.22. The molecular weight excluding hydrogens is 420 g/mol. The van der Waals surface area contributed by atoms with Crippen molar-refractivity contribution in [3.63, 3.8) is 0 Å². The molecular formula is C25H24N4O2S. The van der Waals surface area contributed by atoms with Crippen molar-refractivity contribution in [3.05, 3.63) is 96.3 Å². The molecule has 1 amide bonds. The van der Waals surface area contributed by atoms with E-state index in [-0.39, 0.29) is 11.2 Å². The van der Waals surface area contributed by atoms with E-state index in [2.05, 4.69) is 15.5 Å². The normalized spacial score (nSPS) is 11.7. The second-order valence-electron chi connectivity index (χ2n) is 7.21.